The SMILES string of the molecule is COCCN(CCO)c1cc(C)c(F)cc1[C@@H](C)O. The van der Waals surface area contributed by atoms with Crippen molar-refractivity contribution in [2.24, 2.45) is 0 Å². The first-order valence-corrected chi connectivity index (χ1v) is 6.34. The molecule has 0 aliphatic heterocycles. The maximum Gasteiger partial charge on any atom is 0.126 e. The zero-order chi connectivity index (χ0) is 14.4. The lowest BCUT2D eigenvalue weighted by atomic mass is 10.0. The monoisotopic (exact) mass is 271 g/mol. The number of aliphatic hydroxyl groups excluding tert-OH is 2. The molecule has 0 amide bonds. The number of aliphatic hydroxyl groups is 2. The van der Waals surface area contributed by atoms with Crippen molar-refractivity contribution in [3.8, 4) is 0 Å². The number of anilines is 1. The number of hydrogen-bond acceptors (Lipinski definition) is 4. The summed E-state index contributed by atoms with van der Waals surface area (Å²) in [5.41, 5.74) is 1.77. The maximum atomic E-state index is 13.6. The standard InChI is InChI=1S/C14H22FNO3/c1-10-8-14(12(11(2)18)9-13(10)15)16(4-6-17)5-7-19-3/h8-9,11,17-18H,4-7H2,1-3H3/t11-/m1/s1. The quantitative estimate of drug-likeness (QED) is 0.791. The Balaban J connectivity index is 3.15. The Kier molecular flexibility index (Phi) is 6.21. The lowest BCUT2D eigenvalue weighted by molar-refractivity contribution is 0.195. The van der Waals surface area contributed by atoms with Crippen LogP contribution in [0.1, 0.15) is 24.2 Å². The van der Waals surface area contributed by atoms with Crippen LogP contribution in [0.4, 0.5) is 10.1 Å². The van der Waals surface area contributed by atoms with Crippen LogP contribution in [-0.2, 0) is 4.74 Å². The molecule has 1 aromatic carbocycles. The minimum atomic E-state index is -0.770. The Bertz CT molecular complexity index is 410. The molecular formula is C14H22FNO3. The van der Waals surface area contributed by atoms with Gasteiger partial charge in [0.25, 0.3) is 0 Å². The predicted molar refractivity (Wildman–Crippen MR) is 72.9 cm³/mol. The van der Waals surface area contributed by atoms with Gasteiger partial charge in [0, 0.05) is 31.5 Å². The topological polar surface area (TPSA) is 52.9 Å². The summed E-state index contributed by atoms with van der Waals surface area (Å²) in [6.07, 6.45) is -0.770. The van der Waals surface area contributed by atoms with E-state index in [0.29, 0.717) is 30.8 Å². The highest BCUT2D eigenvalue weighted by atomic mass is 19.1. The average molecular weight is 271 g/mol. The third-order valence-corrected chi connectivity index (χ3v) is 3.03. The zero-order valence-corrected chi connectivity index (χ0v) is 11.7. The zero-order valence-electron chi connectivity index (χ0n) is 11.7. The highest BCUT2D eigenvalue weighted by molar-refractivity contribution is 5.56. The molecule has 0 fully saturated rings. The third kappa shape index (κ3) is 4.16. The number of methoxy groups -OCH3 is 1. The summed E-state index contributed by atoms with van der Waals surface area (Å²) in [5, 5.41) is 18.9. The predicted octanol–water partition coefficient (Wildman–Crippen LogP) is 1.63. The van der Waals surface area contributed by atoms with Crippen LogP contribution >= 0.6 is 0 Å². The summed E-state index contributed by atoms with van der Waals surface area (Å²) in [4.78, 5) is 1.89. The van der Waals surface area contributed by atoms with Crippen LogP contribution in [0.5, 0.6) is 0 Å². The molecule has 0 saturated carbocycles. The number of ether oxygens (including phenoxy) is 1. The molecule has 1 rings (SSSR count). The molecule has 1 aromatic rings. The fourth-order valence-electron chi connectivity index (χ4n) is 1.97. The molecule has 19 heavy (non-hydrogen) atoms. The molecule has 0 bridgehead atoms. The molecule has 0 unspecified atom stereocenters. The fourth-order valence-corrected chi connectivity index (χ4v) is 1.97. The van der Waals surface area contributed by atoms with Gasteiger partial charge in [-0.15, -0.1) is 0 Å². The van der Waals surface area contributed by atoms with Crippen molar-refractivity contribution in [1.29, 1.82) is 0 Å². The molecule has 0 aromatic heterocycles. The second-order valence-corrected chi connectivity index (χ2v) is 4.54. The van der Waals surface area contributed by atoms with Gasteiger partial charge in [-0.1, -0.05) is 0 Å². The number of nitrogens with zero attached hydrogens (tertiary/aromatic N) is 1. The van der Waals surface area contributed by atoms with Gasteiger partial charge in [-0.05, 0) is 31.5 Å². The molecule has 0 saturated heterocycles. The number of rotatable bonds is 7. The Morgan fingerprint density at radius 3 is 2.58 bits per heavy atom. The first-order valence-electron chi connectivity index (χ1n) is 6.34. The van der Waals surface area contributed by atoms with Crippen molar-refractivity contribution in [2.75, 3.05) is 38.3 Å². The van der Waals surface area contributed by atoms with Crippen LogP contribution in [0.25, 0.3) is 0 Å². The normalized spacial score (nSPS) is 12.5. The van der Waals surface area contributed by atoms with E-state index in [1.54, 1.807) is 27.0 Å². The number of benzene rings is 1. The molecule has 0 radical (unpaired) electrons. The van der Waals surface area contributed by atoms with Gasteiger partial charge in [0.1, 0.15) is 5.82 Å². The van der Waals surface area contributed by atoms with Gasteiger partial charge in [-0.25, -0.2) is 4.39 Å². The van der Waals surface area contributed by atoms with E-state index < -0.39 is 6.10 Å². The Hall–Kier alpha value is -1.17. The molecule has 0 heterocycles. The van der Waals surface area contributed by atoms with Gasteiger partial charge in [-0.3, -0.25) is 0 Å². The summed E-state index contributed by atoms with van der Waals surface area (Å²) in [6.45, 7) is 4.74. The van der Waals surface area contributed by atoms with E-state index in [0.717, 1.165) is 5.69 Å². The summed E-state index contributed by atoms with van der Waals surface area (Å²) in [7, 11) is 1.60. The van der Waals surface area contributed by atoms with E-state index >= 15 is 0 Å². The molecule has 1 atom stereocenters. The van der Waals surface area contributed by atoms with E-state index in [9.17, 15) is 9.50 Å². The molecule has 0 spiro atoms. The smallest absolute Gasteiger partial charge is 0.126 e. The van der Waals surface area contributed by atoms with Crippen LogP contribution in [0.2, 0.25) is 0 Å². The van der Waals surface area contributed by atoms with E-state index in [4.69, 9.17) is 9.84 Å². The average Bonchev–Trinajstić information content (AvgIpc) is 2.37. The number of aryl methyl sites for hydroxylation is 1. The number of halogens is 1. The second-order valence-electron chi connectivity index (χ2n) is 4.54. The summed E-state index contributed by atoms with van der Waals surface area (Å²) < 4.78 is 18.7. The summed E-state index contributed by atoms with van der Waals surface area (Å²) in [5.74, 6) is -0.338. The van der Waals surface area contributed by atoms with Crippen molar-refractivity contribution in [3.63, 3.8) is 0 Å². The van der Waals surface area contributed by atoms with Gasteiger partial charge in [0.2, 0.25) is 0 Å². The molecule has 0 aliphatic carbocycles. The van der Waals surface area contributed by atoms with Crippen molar-refractivity contribution < 1.29 is 19.3 Å². The van der Waals surface area contributed by atoms with Crippen LogP contribution in [0.15, 0.2) is 12.1 Å². The Labute approximate surface area is 113 Å². The molecule has 4 nitrogen and oxygen atoms in total. The van der Waals surface area contributed by atoms with Crippen LogP contribution < -0.4 is 4.90 Å². The second kappa shape index (κ2) is 7.43. The fraction of sp³-hybridized carbons (Fsp3) is 0.571. The van der Waals surface area contributed by atoms with Gasteiger partial charge < -0.3 is 19.8 Å². The Morgan fingerprint density at radius 2 is 2.05 bits per heavy atom. The van der Waals surface area contributed by atoms with Crippen molar-refractivity contribution >= 4 is 5.69 Å². The lowest BCUT2D eigenvalue weighted by Gasteiger charge is -2.27. The summed E-state index contributed by atoms with van der Waals surface area (Å²) >= 11 is 0. The largest absolute Gasteiger partial charge is 0.395 e. The highest BCUT2D eigenvalue weighted by Gasteiger charge is 2.16. The number of hydrogen-bond donors (Lipinski definition) is 2. The Morgan fingerprint density at radius 1 is 1.37 bits per heavy atom. The van der Waals surface area contributed by atoms with Gasteiger partial charge >= 0.3 is 0 Å². The molecule has 108 valence electrons. The minimum absolute atomic E-state index is 0.0145. The van der Waals surface area contributed by atoms with E-state index in [2.05, 4.69) is 0 Å². The lowest BCUT2D eigenvalue weighted by Crippen LogP contribution is -2.31. The molecule has 5 heteroatoms. The summed E-state index contributed by atoms with van der Waals surface area (Å²) in [6, 6.07) is 3.05. The van der Waals surface area contributed by atoms with E-state index in [1.807, 2.05) is 4.90 Å². The molecule has 0 aliphatic rings. The maximum absolute atomic E-state index is 13.6. The van der Waals surface area contributed by atoms with Crippen molar-refractivity contribution in [1.82, 2.24) is 0 Å². The van der Waals surface area contributed by atoms with Crippen molar-refractivity contribution in [3.05, 3.63) is 29.1 Å². The van der Waals surface area contributed by atoms with Crippen LogP contribution in [0, 0.1) is 12.7 Å². The van der Waals surface area contributed by atoms with Crippen molar-refractivity contribution in [2.45, 2.75) is 20.0 Å². The minimum Gasteiger partial charge on any atom is -0.395 e. The first-order chi connectivity index (χ1) is 9.01. The van der Waals surface area contributed by atoms with E-state index in [-0.39, 0.29) is 12.4 Å². The third-order valence-electron chi connectivity index (χ3n) is 3.03. The van der Waals surface area contributed by atoms with Gasteiger partial charge in [0.05, 0.1) is 19.3 Å². The first kappa shape index (κ1) is 15.9. The van der Waals surface area contributed by atoms with E-state index in [1.165, 1.54) is 6.07 Å². The van der Waals surface area contributed by atoms with Gasteiger partial charge in [-0.2, -0.15) is 0 Å². The molecular weight excluding hydrogens is 249 g/mol. The van der Waals surface area contributed by atoms with Crippen LogP contribution in [-0.4, -0.2) is 43.6 Å². The van der Waals surface area contributed by atoms with Gasteiger partial charge in [0.15, 0.2) is 0 Å². The highest BCUT2D eigenvalue weighted by Crippen LogP contribution is 2.29. The van der Waals surface area contributed by atoms with Crippen LogP contribution in [0.3, 0.4) is 0 Å². The molecule has 2 N–H and O–H groups in total.